The first-order chi connectivity index (χ1) is 10.6. The van der Waals surface area contributed by atoms with Crippen molar-refractivity contribution in [3.05, 3.63) is 70.8 Å². The van der Waals surface area contributed by atoms with Gasteiger partial charge in [-0.2, -0.15) is 0 Å². The standard InChI is InChI=1S/C18H20N2O2/c1-3-14-8-10-15(11-9-14)18(22)20-19-17(21)12-16-7-5-4-6-13(16)2/h4-11H,3,12H2,1-2H3,(H,19,21)(H,20,22). The van der Waals surface area contributed by atoms with Crippen LogP contribution in [0.15, 0.2) is 48.5 Å². The highest BCUT2D eigenvalue weighted by molar-refractivity contribution is 5.95. The molecule has 22 heavy (non-hydrogen) atoms. The van der Waals surface area contributed by atoms with Crippen LogP contribution in [-0.2, 0) is 17.6 Å². The van der Waals surface area contributed by atoms with E-state index < -0.39 is 0 Å². The fraction of sp³-hybridized carbons (Fsp3) is 0.222. The topological polar surface area (TPSA) is 58.2 Å². The Balaban J connectivity index is 1.87. The number of aryl methyl sites for hydroxylation is 2. The number of carbonyl (C=O) groups excluding carboxylic acids is 2. The maximum atomic E-state index is 11.9. The van der Waals surface area contributed by atoms with E-state index in [0.717, 1.165) is 17.5 Å². The van der Waals surface area contributed by atoms with Crippen LogP contribution in [0.5, 0.6) is 0 Å². The summed E-state index contributed by atoms with van der Waals surface area (Å²) >= 11 is 0. The molecule has 0 saturated heterocycles. The predicted molar refractivity (Wildman–Crippen MR) is 86.3 cm³/mol. The van der Waals surface area contributed by atoms with Crippen molar-refractivity contribution in [1.29, 1.82) is 0 Å². The summed E-state index contributed by atoms with van der Waals surface area (Å²) in [5.74, 6) is -0.561. The molecule has 0 aliphatic carbocycles. The van der Waals surface area contributed by atoms with Crippen molar-refractivity contribution < 1.29 is 9.59 Å². The van der Waals surface area contributed by atoms with E-state index in [9.17, 15) is 9.59 Å². The third-order valence-corrected chi connectivity index (χ3v) is 3.55. The van der Waals surface area contributed by atoms with Gasteiger partial charge < -0.3 is 0 Å². The second kappa shape index (κ2) is 7.41. The summed E-state index contributed by atoms with van der Waals surface area (Å²) in [6, 6.07) is 15.0. The molecule has 114 valence electrons. The van der Waals surface area contributed by atoms with E-state index in [1.54, 1.807) is 12.1 Å². The average molecular weight is 296 g/mol. The van der Waals surface area contributed by atoms with Gasteiger partial charge in [0.1, 0.15) is 0 Å². The Labute approximate surface area is 130 Å². The van der Waals surface area contributed by atoms with E-state index in [4.69, 9.17) is 0 Å². The number of benzene rings is 2. The molecule has 0 aliphatic heterocycles. The largest absolute Gasteiger partial charge is 0.273 e. The molecule has 0 spiro atoms. The minimum Gasteiger partial charge on any atom is -0.273 e. The molecule has 0 bridgehead atoms. The van der Waals surface area contributed by atoms with Crippen LogP contribution in [0.1, 0.15) is 34.0 Å². The minimum atomic E-state index is -0.319. The maximum Gasteiger partial charge on any atom is 0.269 e. The number of amides is 2. The molecule has 0 aromatic heterocycles. The van der Waals surface area contributed by atoms with Crippen LogP contribution in [0.25, 0.3) is 0 Å². The first kappa shape index (κ1) is 15.8. The van der Waals surface area contributed by atoms with Gasteiger partial charge in [-0.1, -0.05) is 43.3 Å². The van der Waals surface area contributed by atoms with Gasteiger partial charge in [-0.15, -0.1) is 0 Å². The number of hydrogen-bond acceptors (Lipinski definition) is 2. The summed E-state index contributed by atoms with van der Waals surface area (Å²) in [4.78, 5) is 23.8. The van der Waals surface area contributed by atoms with Gasteiger partial charge >= 0.3 is 0 Å². The van der Waals surface area contributed by atoms with Crippen LogP contribution in [0.2, 0.25) is 0 Å². The number of hydrazine groups is 1. The fourth-order valence-electron chi connectivity index (χ4n) is 2.12. The molecule has 2 N–H and O–H groups in total. The number of nitrogens with one attached hydrogen (secondary N) is 2. The summed E-state index contributed by atoms with van der Waals surface area (Å²) in [5, 5.41) is 0. The second-order valence-electron chi connectivity index (χ2n) is 5.16. The molecule has 0 unspecified atom stereocenters. The van der Waals surface area contributed by atoms with Gasteiger partial charge in [-0.25, -0.2) is 0 Å². The molecule has 0 fully saturated rings. The number of rotatable bonds is 4. The van der Waals surface area contributed by atoms with Crippen molar-refractivity contribution in [2.75, 3.05) is 0 Å². The zero-order valence-electron chi connectivity index (χ0n) is 12.8. The SMILES string of the molecule is CCc1ccc(C(=O)NNC(=O)Cc2ccccc2C)cc1. The van der Waals surface area contributed by atoms with Crippen LogP contribution in [0.4, 0.5) is 0 Å². The molecular formula is C18H20N2O2. The number of carbonyl (C=O) groups is 2. The van der Waals surface area contributed by atoms with E-state index in [1.807, 2.05) is 43.3 Å². The lowest BCUT2D eigenvalue weighted by molar-refractivity contribution is -0.121. The van der Waals surface area contributed by atoms with Gasteiger partial charge in [0.15, 0.2) is 0 Å². The van der Waals surface area contributed by atoms with Crippen molar-refractivity contribution in [2.24, 2.45) is 0 Å². The minimum absolute atomic E-state index is 0.238. The molecule has 0 heterocycles. The average Bonchev–Trinajstić information content (AvgIpc) is 2.55. The van der Waals surface area contributed by atoms with Crippen LogP contribution in [-0.4, -0.2) is 11.8 Å². The second-order valence-corrected chi connectivity index (χ2v) is 5.16. The van der Waals surface area contributed by atoms with Gasteiger partial charge in [0.05, 0.1) is 6.42 Å². The lowest BCUT2D eigenvalue weighted by atomic mass is 10.1. The van der Waals surface area contributed by atoms with Gasteiger partial charge in [0.25, 0.3) is 5.91 Å². The van der Waals surface area contributed by atoms with E-state index in [2.05, 4.69) is 17.8 Å². The number of hydrogen-bond donors (Lipinski definition) is 2. The van der Waals surface area contributed by atoms with Gasteiger partial charge in [-0.3, -0.25) is 20.4 Å². The van der Waals surface area contributed by atoms with Crippen molar-refractivity contribution >= 4 is 11.8 Å². The summed E-state index contributed by atoms with van der Waals surface area (Å²) in [6.45, 7) is 4.01. The van der Waals surface area contributed by atoms with Crippen LogP contribution in [0, 0.1) is 6.92 Å². The Kier molecular flexibility index (Phi) is 5.31. The maximum absolute atomic E-state index is 11.9. The molecule has 2 amide bonds. The smallest absolute Gasteiger partial charge is 0.269 e. The fourth-order valence-corrected chi connectivity index (χ4v) is 2.12. The van der Waals surface area contributed by atoms with E-state index >= 15 is 0 Å². The summed E-state index contributed by atoms with van der Waals surface area (Å²) in [6.07, 6.45) is 1.16. The Morgan fingerprint density at radius 2 is 1.64 bits per heavy atom. The highest BCUT2D eigenvalue weighted by Gasteiger charge is 2.08. The molecule has 2 rings (SSSR count). The van der Waals surface area contributed by atoms with Crippen LogP contribution < -0.4 is 10.9 Å². The quantitative estimate of drug-likeness (QED) is 0.852. The Bertz CT molecular complexity index is 663. The predicted octanol–water partition coefficient (Wildman–Crippen LogP) is 2.56. The van der Waals surface area contributed by atoms with Gasteiger partial charge in [0.2, 0.25) is 5.91 Å². The molecule has 2 aromatic rings. The normalized spacial score (nSPS) is 10.1. The van der Waals surface area contributed by atoms with Gasteiger partial charge in [0, 0.05) is 5.56 Å². The molecule has 0 atom stereocenters. The van der Waals surface area contributed by atoms with E-state index in [1.165, 1.54) is 5.56 Å². The van der Waals surface area contributed by atoms with Crippen molar-refractivity contribution in [1.82, 2.24) is 10.9 Å². The van der Waals surface area contributed by atoms with Crippen LogP contribution >= 0.6 is 0 Å². The third kappa shape index (κ3) is 4.19. The zero-order valence-corrected chi connectivity index (χ0v) is 12.8. The van der Waals surface area contributed by atoms with E-state index in [0.29, 0.717) is 5.56 Å². The molecule has 4 heteroatoms. The summed E-state index contributed by atoms with van der Waals surface area (Å²) in [7, 11) is 0. The van der Waals surface area contributed by atoms with E-state index in [-0.39, 0.29) is 18.2 Å². The third-order valence-electron chi connectivity index (χ3n) is 3.55. The monoisotopic (exact) mass is 296 g/mol. The molecule has 2 aromatic carbocycles. The molecule has 0 saturated carbocycles. The summed E-state index contributed by atoms with van der Waals surface area (Å²) in [5.41, 5.74) is 8.57. The molecular weight excluding hydrogens is 276 g/mol. The molecule has 4 nitrogen and oxygen atoms in total. The van der Waals surface area contributed by atoms with Crippen molar-refractivity contribution in [2.45, 2.75) is 26.7 Å². The summed E-state index contributed by atoms with van der Waals surface area (Å²) < 4.78 is 0. The Morgan fingerprint density at radius 1 is 0.955 bits per heavy atom. The molecule has 0 aliphatic rings. The first-order valence-corrected chi connectivity index (χ1v) is 7.32. The Morgan fingerprint density at radius 3 is 2.27 bits per heavy atom. The lowest BCUT2D eigenvalue weighted by Crippen LogP contribution is -2.42. The zero-order chi connectivity index (χ0) is 15.9. The highest BCUT2D eigenvalue weighted by atomic mass is 16.2. The highest BCUT2D eigenvalue weighted by Crippen LogP contribution is 2.07. The van der Waals surface area contributed by atoms with Crippen molar-refractivity contribution in [3.8, 4) is 0 Å². The lowest BCUT2D eigenvalue weighted by Gasteiger charge is -2.09. The molecule has 0 radical (unpaired) electrons. The Hall–Kier alpha value is -2.62. The first-order valence-electron chi connectivity index (χ1n) is 7.32. The van der Waals surface area contributed by atoms with Gasteiger partial charge in [-0.05, 0) is 42.2 Å². The van der Waals surface area contributed by atoms with Crippen LogP contribution in [0.3, 0.4) is 0 Å². The van der Waals surface area contributed by atoms with Crippen molar-refractivity contribution in [3.63, 3.8) is 0 Å².